The molecule has 0 bridgehead atoms. The lowest BCUT2D eigenvalue weighted by Gasteiger charge is -2.36. The van der Waals surface area contributed by atoms with Crippen LogP contribution in [0, 0.1) is 15.9 Å². The lowest BCUT2D eigenvalue weighted by Crippen LogP contribution is -2.50. The number of carbonyl (C=O) groups is 1. The van der Waals surface area contributed by atoms with Gasteiger partial charge in [0.2, 0.25) is 5.91 Å². The number of nitrogens with one attached hydrogen (secondary N) is 1. The number of nitrogens with zero attached hydrogens (tertiary/aromatic N) is 3. The smallest absolute Gasteiger partial charge is 0.382 e. The van der Waals surface area contributed by atoms with Gasteiger partial charge in [-0.05, 0) is 56.0 Å². The average molecular weight is 559 g/mol. The normalized spacial score (nSPS) is 20.3. The molecular weight excluding hydrogens is 532 g/mol. The Bertz CT molecular complexity index is 1170. The minimum absolute atomic E-state index is 0.0740. The molecule has 13 heteroatoms. The van der Waals surface area contributed by atoms with Crippen molar-refractivity contribution >= 4 is 34.6 Å². The lowest BCUT2D eigenvalue weighted by atomic mass is 9.92. The van der Waals surface area contributed by atoms with Crippen molar-refractivity contribution in [2.75, 3.05) is 43.0 Å². The van der Waals surface area contributed by atoms with E-state index < -0.39 is 28.2 Å². The maximum Gasteiger partial charge on any atom is 0.423 e. The number of benzene rings is 2. The van der Waals surface area contributed by atoms with Crippen molar-refractivity contribution < 1.29 is 32.0 Å². The molecule has 1 saturated carbocycles. The molecule has 0 aromatic heterocycles. The van der Waals surface area contributed by atoms with E-state index in [4.69, 9.17) is 16.3 Å². The van der Waals surface area contributed by atoms with Gasteiger partial charge in [-0.25, -0.2) is 4.39 Å². The molecule has 2 aliphatic rings. The summed E-state index contributed by atoms with van der Waals surface area (Å²) in [6, 6.07) is 7.29. The fraction of sp³-hybridized carbons (Fsp3) is 0.480. The van der Waals surface area contributed by atoms with E-state index in [1.54, 1.807) is 17.0 Å². The Balaban J connectivity index is 1.21. The zero-order chi connectivity index (χ0) is 27.4. The van der Waals surface area contributed by atoms with Crippen LogP contribution in [0.15, 0.2) is 36.4 Å². The van der Waals surface area contributed by atoms with E-state index in [1.165, 1.54) is 12.1 Å². The third-order valence-electron chi connectivity index (χ3n) is 6.87. The van der Waals surface area contributed by atoms with E-state index in [2.05, 4.69) is 5.32 Å². The molecule has 0 unspecified atom stereocenters. The average Bonchev–Trinajstić information content (AvgIpc) is 2.87. The van der Waals surface area contributed by atoms with Gasteiger partial charge in [0.05, 0.1) is 16.7 Å². The topological polar surface area (TPSA) is 87.9 Å². The van der Waals surface area contributed by atoms with Crippen molar-refractivity contribution in [2.45, 2.75) is 44.0 Å². The Kier molecular flexibility index (Phi) is 8.61. The third kappa shape index (κ3) is 6.84. The molecule has 1 amide bonds. The minimum Gasteiger partial charge on any atom is -0.382 e. The van der Waals surface area contributed by atoms with E-state index >= 15 is 0 Å². The number of rotatable bonds is 7. The Morgan fingerprint density at radius 1 is 1.08 bits per heavy atom. The monoisotopic (exact) mass is 558 g/mol. The summed E-state index contributed by atoms with van der Waals surface area (Å²) in [5, 5.41) is 14.3. The van der Waals surface area contributed by atoms with Crippen molar-refractivity contribution in [1.82, 2.24) is 4.90 Å². The molecule has 38 heavy (non-hydrogen) atoms. The maximum atomic E-state index is 14.2. The van der Waals surface area contributed by atoms with Gasteiger partial charge in [-0.15, -0.1) is 0 Å². The van der Waals surface area contributed by atoms with Crippen LogP contribution in [0.2, 0.25) is 5.02 Å². The Morgan fingerprint density at radius 2 is 1.76 bits per heavy atom. The number of amides is 1. The first-order valence-electron chi connectivity index (χ1n) is 12.2. The molecule has 2 fully saturated rings. The minimum atomic E-state index is -4.84. The maximum absolute atomic E-state index is 14.2. The second-order valence-corrected chi connectivity index (χ2v) is 9.82. The molecule has 8 nitrogen and oxygen atoms in total. The zero-order valence-electron chi connectivity index (χ0n) is 20.3. The summed E-state index contributed by atoms with van der Waals surface area (Å²) in [6.45, 7) is 1.78. The van der Waals surface area contributed by atoms with Crippen molar-refractivity contribution in [2.24, 2.45) is 0 Å². The van der Waals surface area contributed by atoms with Crippen LogP contribution in [0.3, 0.4) is 0 Å². The number of nitro benzene ring substituents is 1. The van der Waals surface area contributed by atoms with E-state index in [0.717, 1.165) is 12.1 Å². The fourth-order valence-corrected chi connectivity index (χ4v) is 5.00. The predicted molar refractivity (Wildman–Crippen MR) is 134 cm³/mol. The van der Waals surface area contributed by atoms with Crippen molar-refractivity contribution in [3.05, 3.63) is 62.9 Å². The van der Waals surface area contributed by atoms with Crippen LogP contribution in [-0.4, -0.2) is 60.7 Å². The molecule has 0 spiro atoms. The number of anilines is 2. The molecule has 1 aliphatic carbocycles. The fourth-order valence-electron chi connectivity index (χ4n) is 4.84. The number of halogens is 5. The van der Waals surface area contributed by atoms with E-state index in [0.29, 0.717) is 62.6 Å². The summed E-state index contributed by atoms with van der Waals surface area (Å²) < 4.78 is 59.7. The van der Waals surface area contributed by atoms with Crippen LogP contribution in [0.1, 0.15) is 31.2 Å². The van der Waals surface area contributed by atoms with Gasteiger partial charge in [-0.3, -0.25) is 14.9 Å². The van der Waals surface area contributed by atoms with Crippen LogP contribution in [0.4, 0.5) is 34.6 Å². The second-order valence-electron chi connectivity index (χ2n) is 9.38. The second kappa shape index (κ2) is 11.7. The molecule has 1 aliphatic heterocycles. The van der Waals surface area contributed by atoms with Gasteiger partial charge in [0.1, 0.15) is 18.0 Å². The van der Waals surface area contributed by atoms with Gasteiger partial charge in [-0.2, -0.15) is 13.2 Å². The molecule has 4 rings (SSSR count). The van der Waals surface area contributed by atoms with Gasteiger partial charge < -0.3 is 19.9 Å². The molecular formula is C25H27ClF4N4O4. The van der Waals surface area contributed by atoms with Crippen LogP contribution in [-0.2, 0) is 15.7 Å². The first-order valence-corrected chi connectivity index (χ1v) is 12.6. The molecule has 206 valence electrons. The Morgan fingerprint density at radius 3 is 2.37 bits per heavy atom. The highest BCUT2D eigenvalue weighted by atomic mass is 35.5. The Labute approximate surface area is 221 Å². The summed E-state index contributed by atoms with van der Waals surface area (Å²) >= 11 is 5.81. The summed E-state index contributed by atoms with van der Waals surface area (Å²) in [4.78, 5) is 26.1. The molecule has 1 heterocycles. The van der Waals surface area contributed by atoms with Crippen LogP contribution < -0.4 is 10.2 Å². The number of piperazine rings is 1. The Hall–Kier alpha value is -3.12. The lowest BCUT2D eigenvalue weighted by molar-refractivity contribution is -0.388. The van der Waals surface area contributed by atoms with Crippen molar-refractivity contribution in [3.63, 3.8) is 0 Å². The quantitative estimate of drug-likeness (QED) is 0.274. The van der Waals surface area contributed by atoms with Crippen LogP contribution in [0.5, 0.6) is 0 Å². The molecule has 1 saturated heterocycles. The predicted octanol–water partition coefficient (Wildman–Crippen LogP) is 5.49. The summed E-state index contributed by atoms with van der Waals surface area (Å²) in [5.74, 6) is -0.549. The molecule has 2 aromatic carbocycles. The number of ether oxygens (including phenoxy) is 1. The molecule has 0 atom stereocenters. The number of carbonyl (C=O) groups excluding carboxylic acids is 1. The van der Waals surface area contributed by atoms with E-state index in [9.17, 15) is 32.5 Å². The molecule has 0 radical (unpaired) electrons. The summed E-state index contributed by atoms with van der Waals surface area (Å²) in [6.07, 6.45) is -2.52. The zero-order valence-corrected chi connectivity index (χ0v) is 21.1. The van der Waals surface area contributed by atoms with Crippen LogP contribution in [0.25, 0.3) is 0 Å². The number of hydrogen-bond acceptors (Lipinski definition) is 6. The highest BCUT2D eigenvalue weighted by molar-refractivity contribution is 6.30. The van der Waals surface area contributed by atoms with Gasteiger partial charge >= 0.3 is 6.18 Å². The highest BCUT2D eigenvalue weighted by Gasteiger charge is 2.38. The molecule has 1 N–H and O–H groups in total. The van der Waals surface area contributed by atoms with Crippen molar-refractivity contribution in [1.29, 1.82) is 0 Å². The first kappa shape index (κ1) is 27.9. The SMILES string of the molecule is O=C(COC1CCC(Nc2ccc([N+](=O)[O-])c(C(F)(F)F)c2)CC1)N1CCN(c2ccc(Cl)cc2F)CC1. The first-order chi connectivity index (χ1) is 18.0. The number of hydrogen-bond donors (Lipinski definition) is 1. The van der Waals surface area contributed by atoms with Crippen LogP contribution >= 0.6 is 11.6 Å². The standard InChI is InChI=1S/C25H27ClF4N4O4/c26-16-1-7-23(21(27)13-16)32-9-11-33(12-10-32)24(35)15-38-19-5-2-17(3-6-19)31-18-4-8-22(34(36)37)20(14-18)25(28,29)30/h1,4,7-8,13-14,17,19,31H,2-3,5-6,9-12,15H2. The highest BCUT2D eigenvalue weighted by Crippen LogP contribution is 2.38. The largest absolute Gasteiger partial charge is 0.423 e. The summed E-state index contributed by atoms with van der Waals surface area (Å²) in [5.41, 5.74) is -1.66. The van der Waals surface area contributed by atoms with Gasteiger partial charge in [0.25, 0.3) is 5.69 Å². The molecule has 2 aromatic rings. The van der Waals surface area contributed by atoms with Gasteiger partial charge in [-0.1, -0.05) is 11.6 Å². The summed E-state index contributed by atoms with van der Waals surface area (Å²) in [7, 11) is 0. The van der Waals surface area contributed by atoms with E-state index in [1.807, 2.05) is 4.90 Å². The third-order valence-corrected chi connectivity index (χ3v) is 7.10. The van der Waals surface area contributed by atoms with E-state index in [-0.39, 0.29) is 30.3 Å². The number of alkyl halides is 3. The number of nitro groups is 1. The van der Waals surface area contributed by atoms with Gasteiger partial charge in [0.15, 0.2) is 0 Å². The van der Waals surface area contributed by atoms with Crippen molar-refractivity contribution in [3.8, 4) is 0 Å². The van der Waals surface area contributed by atoms with Gasteiger partial charge in [0, 0.05) is 49.0 Å².